The summed E-state index contributed by atoms with van der Waals surface area (Å²) in [5.41, 5.74) is 2.83. The molecule has 0 aliphatic carbocycles. The molecule has 0 spiro atoms. The topological polar surface area (TPSA) is 58.6 Å². The molecule has 0 radical (unpaired) electrons. The fourth-order valence-electron chi connectivity index (χ4n) is 2.37. The van der Waals surface area contributed by atoms with Crippen LogP contribution in [0.4, 0.5) is 5.69 Å². The van der Waals surface area contributed by atoms with Crippen LogP contribution in [0.15, 0.2) is 18.2 Å². The Balaban J connectivity index is 1.70. The maximum absolute atomic E-state index is 11.9. The molecule has 1 N–H and O–H groups in total. The minimum Gasteiger partial charge on any atom is -0.455 e. The number of carbonyl (C=O) groups excluding carboxylic acids is 2. The van der Waals surface area contributed by atoms with Gasteiger partial charge in [0.05, 0.1) is 5.75 Å². The van der Waals surface area contributed by atoms with Gasteiger partial charge in [0, 0.05) is 18.8 Å². The van der Waals surface area contributed by atoms with Crippen LogP contribution in [0.1, 0.15) is 24.0 Å². The van der Waals surface area contributed by atoms with Crippen molar-refractivity contribution in [3.8, 4) is 0 Å². The normalized spacial score (nSPS) is 13.7. The lowest BCUT2D eigenvalue weighted by Gasteiger charge is -2.17. The van der Waals surface area contributed by atoms with Crippen molar-refractivity contribution < 1.29 is 14.3 Å². The number of hydrogen-bond acceptors (Lipinski definition) is 5. The monoisotopic (exact) mass is 366 g/mol. The van der Waals surface area contributed by atoms with E-state index in [1.807, 2.05) is 32.0 Å². The van der Waals surface area contributed by atoms with Gasteiger partial charge < -0.3 is 15.0 Å². The van der Waals surface area contributed by atoms with Crippen LogP contribution in [-0.2, 0) is 14.3 Å². The lowest BCUT2D eigenvalue weighted by Crippen LogP contribution is -2.25. The number of aryl methyl sites for hydroxylation is 1. The van der Waals surface area contributed by atoms with Crippen LogP contribution in [-0.4, -0.2) is 46.5 Å². The summed E-state index contributed by atoms with van der Waals surface area (Å²) in [6.07, 6.45) is 2.29. The Morgan fingerprint density at radius 1 is 1.29 bits per heavy atom. The SMILES string of the molecule is Cc1cccc(NC(=O)COC(=O)CSC(=S)N2CCCC2)c1C. The van der Waals surface area contributed by atoms with E-state index in [-0.39, 0.29) is 18.3 Å². The number of esters is 1. The van der Waals surface area contributed by atoms with Crippen molar-refractivity contribution in [3.05, 3.63) is 29.3 Å². The molecule has 1 fully saturated rings. The van der Waals surface area contributed by atoms with E-state index in [1.165, 1.54) is 11.8 Å². The minimum atomic E-state index is -0.433. The Hall–Kier alpha value is -1.60. The second-order valence-electron chi connectivity index (χ2n) is 5.71. The van der Waals surface area contributed by atoms with Gasteiger partial charge in [-0.1, -0.05) is 36.1 Å². The summed E-state index contributed by atoms with van der Waals surface area (Å²) in [7, 11) is 0. The highest BCUT2D eigenvalue weighted by Crippen LogP contribution is 2.18. The third kappa shape index (κ3) is 5.49. The maximum Gasteiger partial charge on any atom is 0.316 e. The van der Waals surface area contributed by atoms with Gasteiger partial charge in [0.15, 0.2) is 6.61 Å². The maximum atomic E-state index is 11.9. The number of nitrogens with zero attached hydrogens (tertiary/aromatic N) is 1. The number of hydrogen-bond donors (Lipinski definition) is 1. The van der Waals surface area contributed by atoms with E-state index in [2.05, 4.69) is 10.2 Å². The third-order valence-electron chi connectivity index (χ3n) is 3.92. The quantitative estimate of drug-likeness (QED) is 0.639. The zero-order chi connectivity index (χ0) is 17.5. The highest BCUT2D eigenvalue weighted by molar-refractivity contribution is 8.23. The smallest absolute Gasteiger partial charge is 0.316 e. The van der Waals surface area contributed by atoms with Crippen molar-refractivity contribution >= 4 is 45.9 Å². The van der Waals surface area contributed by atoms with E-state index >= 15 is 0 Å². The summed E-state index contributed by atoms with van der Waals surface area (Å²) in [6.45, 7) is 5.54. The zero-order valence-corrected chi connectivity index (χ0v) is 15.6. The average molecular weight is 367 g/mol. The summed E-state index contributed by atoms with van der Waals surface area (Å²) >= 11 is 6.58. The molecule has 2 rings (SSSR count). The van der Waals surface area contributed by atoms with E-state index in [0.29, 0.717) is 0 Å². The number of thioether (sulfide) groups is 1. The summed E-state index contributed by atoms with van der Waals surface area (Å²) in [5, 5.41) is 2.76. The number of benzene rings is 1. The van der Waals surface area contributed by atoms with Crippen molar-refractivity contribution in [3.63, 3.8) is 0 Å². The number of rotatable bonds is 5. The molecule has 24 heavy (non-hydrogen) atoms. The number of ether oxygens (including phenoxy) is 1. The fourth-order valence-corrected chi connectivity index (χ4v) is 3.42. The van der Waals surface area contributed by atoms with Gasteiger partial charge in [-0.3, -0.25) is 9.59 Å². The minimum absolute atomic E-state index is 0.131. The van der Waals surface area contributed by atoms with Crippen LogP contribution in [0.5, 0.6) is 0 Å². The molecule has 0 saturated carbocycles. The third-order valence-corrected chi connectivity index (χ3v) is 5.42. The fraction of sp³-hybridized carbons (Fsp3) is 0.471. The van der Waals surface area contributed by atoms with Crippen LogP contribution in [0.3, 0.4) is 0 Å². The highest BCUT2D eigenvalue weighted by Gasteiger charge is 2.17. The molecule has 1 aliphatic heterocycles. The number of anilines is 1. The van der Waals surface area contributed by atoms with Crippen LogP contribution in [0.2, 0.25) is 0 Å². The number of amides is 1. The molecule has 0 atom stereocenters. The van der Waals surface area contributed by atoms with Gasteiger partial charge in [-0.25, -0.2) is 0 Å². The first-order valence-electron chi connectivity index (χ1n) is 7.91. The molecule has 0 bridgehead atoms. The second-order valence-corrected chi connectivity index (χ2v) is 7.31. The number of carbonyl (C=O) groups is 2. The molecule has 1 aromatic rings. The number of thiocarbonyl (C=S) groups is 1. The van der Waals surface area contributed by atoms with Gasteiger partial charge in [-0.05, 0) is 43.9 Å². The highest BCUT2D eigenvalue weighted by atomic mass is 32.2. The van der Waals surface area contributed by atoms with Gasteiger partial charge in [0.25, 0.3) is 5.91 Å². The molecule has 0 unspecified atom stereocenters. The van der Waals surface area contributed by atoms with E-state index < -0.39 is 5.97 Å². The predicted molar refractivity (Wildman–Crippen MR) is 101 cm³/mol. The lowest BCUT2D eigenvalue weighted by molar-refractivity contribution is -0.144. The number of likely N-dealkylation sites (tertiary alicyclic amines) is 1. The second kappa shape index (κ2) is 9.03. The molecule has 130 valence electrons. The molecule has 1 saturated heterocycles. The lowest BCUT2D eigenvalue weighted by atomic mass is 10.1. The Kier molecular flexibility index (Phi) is 7.05. The first kappa shape index (κ1) is 18.7. The molecule has 1 aliphatic rings. The van der Waals surface area contributed by atoms with E-state index in [9.17, 15) is 9.59 Å². The van der Waals surface area contributed by atoms with Gasteiger partial charge in [-0.2, -0.15) is 0 Å². The van der Waals surface area contributed by atoms with Crippen LogP contribution in [0.25, 0.3) is 0 Å². The van der Waals surface area contributed by atoms with Crippen molar-refractivity contribution in [1.82, 2.24) is 4.90 Å². The first-order valence-corrected chi connectivity index (χ1v) is 9.30. The van der Waals surface area contributed by atoms with Crippen molar-refractivity contribution in [2.75, 3.05) is 30.8 Å². The van der Waals surface area contributed by atoms with Crippen LogP contribution >= 0.6 is 24.0 Å². The van der Waals surface area contributed by atoms with Crippen molar-refractivity contribution in [2.24, 2.45) is 0 Å². The van der Waals surface area contributed by atoms with Gasteiger partial charge in [-0.15, -0.1) is 0 Å². The zero-order valence-electron chi connectivity index (χ0n) is 14.0. The molecule has 7 heteroatoms. The molecular formula is C17H22N2O3S2. The molecule has 1 aromatic carbocycles. The largest absolute Gasteiger partial charge is 0.455 e. The summed E-state index contributed by atoms with van der Waals surface area (Å²) in [5.74, 6) is -0.645. The summed E-state index contributed by atoms with van der Waals surface area (Å²) in [4.78, 5) is 25.7. The number of nitrogens with one attached hydrogen (secondary N) is 1. The van der Waals surface area contributed by atoms with E-state index in [0.717, 1.165) is 47.1 Å². The molecular weight excluding hydrogens is 344 g/mol. The Morgan fingerprint density at radius 3 is 2.71 bits per heavy atom. The average Bonchev–Trinajstić information content (AvgIpc) is 3.09. The van der Waals surface area contributed by atoms with Crippen LogP contribution < -0.4 is 5.32 Å². The first-order chi connectivity index (χ1) is 11.5. The molecule has 1 amide bonds. The van der Waals surface area contributed by atoms with Crippen LogP contribution in [0, 0.1) is 13.8 Å². The van der Waals surface area contributed by atoms with Gasteiger partial charge in [0.1, 0.15) is 4.32 Å². The summed E-state index contributed by atoms with van der Waals surface area (Å²) in [6, 6.07) is 5.68. The van der Waals surface area contributed by atoms with Gasteiger partial charge in [0.2, 0.25) is 0 Å². The summed E-state index contributed by atoms with van der Waals surface area (Å²) < 4.78 is 5.74. The van der Waals surface area contributed by atoms with Crippen molar-refractivity contribution in [2.45, 2.75) is 26.7 Å². The Morgan fingerprint density at radius 2 is 2.00 bits per heavy atom. The Labute approximate surface area is 152 Å². The van der Waals surface area contributed by atoms with E-state index in [1.54, 1.807) is 0 Å². The predicted octanol–water partition coefficient (Wildman–Crippen LogP) is 2.90. The van der Waals surface area contributed by atoms with E-state index in [4.69, 9.17) is 17.0 Å². The van der Waals surface area contributed by atoms with Gasteiger partial charge >= 0.3 is 5.97 Å². The molecule has 0 aromatic heterocycles. The Bertz CT molecular complexity index is 628. The standard InChI is InChI=1S/C17H22N2O3S2/c1-12-6-5-7-14(13(12)2)18-15(20)10-22-16(21)11-24-17(23)19-8-3-4-9-19/h5-7H,3-4,8-11H2,1-2H3,(H,18,20). The van der Waals surface area contributed by atoms with Crippen molar-refractivity contribution in [1.29, 1.82) is 0 Å². The molecule has 5 nitrogen and oxygen atoms in total. The molecule has 1 heterocycles.